The molecule has 0 unspecified atom stereocenters. The number of amides is 1. The molecule has 2 aromatic heterocycles. The Morgan fingerprint density at radius 1 is 1.14 bits per heavy atom. The number of carbonyl (C=O) groups excluding carboxylic acids is 1. The van der Waals surface area contributed by atoms with Gasteiger partial charge in [-0.05, 0) is 64.3 Å². The summed E-state index contributed by atoms with van der Waals surface area (Å²) in [6.45, 7) is 12.1. The van der Waals surface area contributed by atoms with Crippen LogP contribution in [0.25, 0.3) is 0 Å². The van der Waals surface area contributed by atoms with Crippen molar-refractivity contribution in [1.82, 2.24) is 19.8 Å². The number of piperazine rings is 1. The van der Waals surface area contributed by atoms with E-state index in [9.17, 15) is 4.79 Å². The second-order valence-corrected chi connectivity index (χ2v) is 12.6. The van der Waals surface area contributed by atoms with Crippen molar-refractivity contribution in [2.24, 2.45) is 0 Å². The van der Waals surface area contributed by atoms with E-state index in [1.54, 1.807) is 0 Å². The van der Waals surface area contributed by atoms with Crippen molar-refractivity contribution in [1.29, 1.82) is 0 Å². The third-order valence-corrected chi connectivity index (χ3v) is 9.98. The number of pyridine rings is 2. The first-order valence-electron chi connectivity index (χ1n) is 15.6. The molecule has 2 saturated heterocycles. The molecule has 224 valence electrons. The molecule has 10 heteroatoms. The highest BCUT2D eigenvalue weighted by Crippen LogP contribution is 2.48. The SMILES string of the molecule is C=CC(=O)N1C[C@@H]2COc3c(OC[C@@H]4CCCN4C)nc4c(c3N2C[C@H]1C)CCN(c1cncc2c1N(C)CCC2)C4. The average Bonchev–Trinajstić information content (AvgIpc) is 3.42. The fraction of sp³-hybridized carbons (Fsp3) is 0.594. The lowest BCUT2D eigenvalue weighted by Crippen LogP contribution is -2.62. The van der Waals surface area contributed by atoms with Gasteiger partial charge >= 0.3 is 0 Å². The second-order valence-electron chi connectivity index (χ2n) is 12.6. The van der Waals surface area contributed by atoms with E-state index in [1.807, 2.05) is 17.3 Å². The lowest BCUT2D eigenvalue weighted by atomic mass is 9.96. The smallest absolute Gasteiger partial charge is 0.259 e. The number of aryl methyl sites for hydroxylation is 1. The Balaban J connectivity index is 1.25. The number of ether oxygens (including phenoxy) is 2. The van der Waals surface area contributed by atoms with Crippen molar-refractivity contribution >= 4 is 23.0 Å². The number of fused-ring (bicyclic) bond motifs is 6. The molecule has 2 fully saturated rings. The molecule has 0 bridgehead atoms. The van der Waals surface area contributed by atoms with Crippen LogP contribution in [0.1, 0.15) is 43.0 Å². The molecule has 1 amide bonds. The van der Waals surface area contributed by atoms with Crippen molar-refractivity contribution in [3.05, 3.63) is 41.9 Å². The Bertz CT molecular complexity index is 1380. The van der Waals surface area contributed by atoms with Crippen LogP contribution in [-0.2, 0) is 24.2 Å². The number of aromatic nitrogens is 2. The lowest BCUT2D eigenvalue weighted by Gasteiger charge is -2.49. The Morgan fingerprint density at radius 3 is 2.83 bits per heavy atom. The number of hydrogen-bond acceptors (Lipinski definition) is 9. The third-order valence-electron chi connectivity index (χ3n) is 9.98. The van der Waals surface area contributed by atoms with Gasteiger partial charge in [-0.15, -0.1) is 0 Å². The van der Waals surface area contributed by atoms with Gasteiger partial charge < -0.3 is 34.0 Å². The van der Waals surface area contributed by atoms with E-state index in [-0.39, 0.29) is 18.0 Å². The Kier molecular flexibility index (Phi) is 7.12. The highest BCUT2D eigenvalue weighted by atomic mass is 16.5. The fourth-order valence-corrected chi connectivity index (χ4v) is 7.63. The fourth-order valence-electron chi connectivity index (χ4n) is 7.63. The third kappa shape index (κ3) is 4.64. The van der Waals surface area contributed by atoms with Gasteiger partial charge in [-0.1, -0.05) is 6.58 Å². The van der Waals surface area contributed by atoms with Crippen molar-refractivity contribution < 1.29 is 14.3 Å². The predicted molar refractivity (Wildman–Crippen MR) is 164 cm³/mol. The zero-order valence-electron chi connectivity index (χ0n) is 25.2. The van der Waals surface area contributed by atoms with E-state index >= 15 is 0 Å². The molecule has 10 nitrogen and oxygen atoms in total. The number of hydrogen-bond donors (Lipinski definition) is 0. The Labute approximate surface area is 248 Å². The lowest BCUT2D eigenvalue weighted by molar-refractivity contribution is -0.129. The minimum atomic E-state index is -0.0187. The normalized spacial score (nSPS) is 25.3. The van der Waals surface area contributed by atoms with Gasteiger partial charge in [-0.25, -0.2) is 4.98 Å². The first-order chi connectivity index (χ1) is 20.4. The summed E-state index contributed by atoms with van der Waals surface area (Å²) in [5.41, 5.74) is 7.24. The van der Waals surface area contributed by atoms with E-state index in [4.69, 9.17) is 14.5 Å². The highest BCUT2D eigenvalue weighted by molar-refractivity contribution is 5.87. The predicted octanol–water partition coefficient (Wildman–Crippen LogP) is 2.88. The molecule has 7 rings (SSSR count). The van der Waals surface area contributed by atoms with Gasteiger partial charge in [-0.3, -0.25) is 9.78 Å². The molecule has 3 atom stereocenters. The molecule has 42 heavy (non-hydrogen) atoms. The topological polar surface area (TPSA) is 77.5 Å². The summed E-state index contributed by atoms with van der Waals surface area (Å²) in [5.74, 6) is 1.36. The maximum atomic E-state index is 12.6. The molecular weight excluding hydrogens is 530 g/mol. The summed E-state index contributed by atoms with van der Waals surface area (Å²) >= 11 is 0. The number of carbonyl (C=O) groups is 1. The standard InChI is InChI=1S/C32H43N7O3/c1-5-28(40)38-17-24-20-41-31-30(39(24)16-21(38)2)25-10-13-37(27-15-33-14-22-8-6-12-36(4)29(22)27)18-26(25)34-32(31)42-19-23-9-7-11-35(23)3/h5,14-15,21,23-24H,1,6-13,16-20H2,2-4H3/t21-,23+,24-/m1/s1. The maximum absolute atomic E-state index is 12.6. The molecular formula is C32H43N7O3. The summed E-state index contributed by atoms with van der Waals surface area (Å²) in [7, 11) is 4.36. The molecule has 0 saturated carbocycles. The zero-order valence-corrected chi connectivity index (χ0v) is 25.2. The van der Waals surface area contributed by atoms with Crippen molar-refractivity contribution in [2.75, 3.05) is 74.7 Å². The van der Waals surface area contributed by atoms with Gasteiger partial charge in [0, 0.05) is 57.1 Å². The number of nitrogens with zero attached hydrogens (tertiary/aromatic N) is 7. The Hall–Kier alpha value is -3.53. The summed E-state index contributed by atoms with van der Waals surface area (Å²) in [4.78, 5) is 34.0. The van der Waals surface area contributed by atoms with Crippen molar-refractivity contribution in [3.8, 4) is 11.6 Å². The van der Waals surface area contributed by atoms with Gasteiger partial charge in [0.1, 0.15) is 13.2 Å². The van der Waals surface area contributed by atoms with Crippen LogP contribution in [0.5, 0.6) is 11.6 Å². The molecule has 0 N–H and O–H groups in total. The van der Waals surface area contributed by atoms with Gasteiger partial charge in [0.25, 0.3) is 5.88 Å². The first-order valence-corrected chi connectivity index (χ1v) is 15.6. The van der Waals surface area contributed by atoms with Crippen molar-refractivity contribution in [3.63, 3.8) is 0 Å². The zero-order chi connectivity index (χ0) is 29.0. The number of likely N-dealkylation sites (N-methyl/N-ethyl adjacent to an activating group) is 1. The van der Waals surface area contributed by atoms with E-state index in [1.165, 1.54) is 35.0 Å². The van der Waals surface area contributed by atoms with Crippen LogP contribution in [0.2, 0.25) is 0 Å². The monoisotopic (exact) mass is 573 g/mol. The summed E-state index contributed by atoms with van der Waals surface area (Å²) in [5, 5.41) is 0. The quantitative estimate of drug-likeness (QED) is 0.502. The van der Waals surface area contributed by atoms with Crippen LogP contribution in [0.15, 0.2) is 25.0 Å². The minimum Gasteiger partial charge on any atom is -0.484 e. The van der Waals surface area contributed by atoms with E-state index in [2.05, 4.69) is 52.2 Å². The molecule has 0 aliphatic carbocycles. The van der Waals surface area contributed by atoms with Crippen LogP contribution in [-0.4, -0.2) is 104 Å². The first kappa shape index (κ1) is 27.3. The van der Waals surface area contributed by atoms with Gasteiger partial charge in [0.2, 0.25) is 11.7 Å². The number of rotatable bonds is 5. The molecule has 5 aliphatic rings. The molecule has 7 heterocycles. The van der Waals surface area contributed by atoms with Crippen LogP contribution in [0.4, 0.5) is 17.1 Å². The summed E-state index contributed by atoms with van der Waals surface area (Å²) < 4.78 is 13.0. The number of anilines is 3. The minimum absolute atomic E-state index is 0.0187. The van der Waals surface area contributed by atoms with E-state index in [0.29, 0.717) is 38.2 Å². The summed E-state index contributed by atoms with van der Waals surface area (Å²) in [6.07, 6.45) is 10.9. The van der Waals surface area contributed by atoms with Crippen molar-refractivity contribution in [2.45, 2.75) is 63.7 Å². The van der Waals surface area contributed by atoms with Crippen LogP contribution >= 0.6 is 0 Å². The average molecular weight is 574 g/mol. The largest absolute Gasteiger partial charge is 0.484 e. The second kappa shape index (κ2) is 10.9. The van der Waals surface area contributed by atoms with E-state index in [0.717, 1.165) is 69.0 Å². The molecule has 5 aliphatic heterocycles. The van der Waals surface area contributed by atoms with Gasteiger partial charge in [-0.2, -0.15) is 0 Å². The Morgan fingerprint density at radius 2 is 2.02 bits per heavy atom. The molecule has 0 radical (unpaired) electrons. The van der Waals surface area contributed by atoms with E-state index < -0.39 is 0 Å². The van der Waals surface area contributed by atoms with Crippen LogP contribution < -0.4 is 24.2 Å². The summed E-state index contributed by atoms with van der Waals surface area (Å²) in [6, 6.07) is 0.530. The molecule has 0 spiro atoms. The van der Waals surface area contributed by atoms with Crippen LogP contribution in [0, 0.1) is 0 Å². The molecule has 0 aromatic carbocycles. The molecule has 2 aromatic rings. The van der Waals surface area contributed by atoms with Gasteiger partial charge in [0.15, 0.2) is 0 Å². The van der Waals surface area contributed by atoms with Crippen LogP contribution in [0.3, 0.4) is 0 Å². The van der Waals surface area contributed by atoms with Gasteiger partial charge in [0.05, 0.1) is 41.5 Å². The maximum Gasteiger partial charge on any atom is 0.259 e. The highest BCUT2D eigenvalue weighted by Gasteiger charge is 2.42. The number of likely N-dealkylation sites (tertiary alicyclic amines) is 1.